The van der Waals surface area contributed by atoms with Crippen LogP contribution >= 0.6 is 0 Å². The van der Waals surface area contributed by atoms with Gasteiger partial charge in [-0.15, -0.1) is 0 Å². The molecular formula is C21H19F3N4O. The lowest BCUT2D eigenvalue weighted by Gasteiger charge is -2.08. The summed E-state index contributed by atoms with van der Waals surface area (Å²) >= 11 is 0. The van der Waals surface area contributed by atoms with Gasteiger partial charge in [0.15, 0.2) is 11.7 Å². The number of aryl methyl sites for hydroxylation is 1. The third-order valence-electron chi connectivity index (χ3n) is 4.39. The van der Waals surface area contributed by atoms with Crippen molar-refractivity contribution in [2.24, 2.45) is 0 Å². The summed E-state index contributed by atoms with van der Waals surface area (Å²) in [4.78, 5) is 4.26. The summed E-state index contributed by atoms with van der Waals surface area (Å²) in [6, 6.07) is 12.9. The molecule has 0 unspecified atom stereocenters. The Morgan fingerprint density at radius 3 is 2.62 bits per heavy atom. The van der Waals surface area contributed by atoms with E-state index in [2.05, 4.69) is 22.3 Å². The van der Waals surface area contributed by atoms with Crippen LogP contribution in [0.3, 0.4) is 0 Å². The molecule has 0 radical (unpaired) electrons. The van der Waals surface area contributed by atoms with Crippen molar-refractivity contribution >= 4 is 22.3 Å². The van der Waals surface area contributed by atoms with Gasteiger partial charge in [-0.05, 0) is 36.8 Å². The first-order valence-electron chi connectivity index (χ1n) is 9.26. The van der Waals surface area contributed by atoms with Crippen molar-refractivity contribution in [3.8, 4) is 11.3 Å². The molecule has 2 heterocycles. The standard InChI is InChI=1S/C21H19F3N4O/c1-2-4-19-25-11-18(29-19)14-7-9-16(10-8-14)26-17-6-3-5-15-12-28(27-20(15)17)13-21(22,23)24/h3,5-12,26H,2,4,13H2,1H3. The number of fused-ring (bicyclic) bond motifs is 1. The van der Waals surface area contributed by atoms with Crippen LogP contribution in [0, 0.1) is 0 Å². The molecule has 0 aliphatic rings. The lowest BCUT2D eigenvalue weighted by atomic mass is 10.1. The van der Waals surface area contributed by atoms with Crippen LogP contribution < -0.4 is 5.32 Å². The molecule has 29 heavy (non-hydrogen) atoms. The quantitative estimate of drug-likeness (QED) is 0.435. The molecule has 0 aliphatic carbocycles. The molecule has 0 saturated heterocycles. The van der Waals surface area contributed by atoms with E-state index in [-0.39, 0.29) is 0 Å². The second-order valence-electron chi connectivity index (χ2n) is 6.76. The van der Waals surface area contributed by atoms with Crippen molar-refractivity contribution in [2.75, 3.05) is 5.32 Å². The Labute approximate surface area is 165 Å². The van der Waals surface area contributed by atoms with E-state index in [9.17, 15) is 13.2 Å². The molecule has 0 aliphatic heterocycles. The fourth-order valence-electron chi connectivity index (χ4n) is 3.11. The molecule has 4 aromatic rings. The number of hydrogen-bond acceptors (Lipinski definition) is 4. The second kappa shape index (κ2) is 7.62. The Morgan fingerprint density at radius 2 is 1.90 bits per heavy atom. The molecule has 0 amide bonds. The van der Waals surface area contributed by atoms with E-state index in [1.807, 2.05) is 24.3 Å². The molecule has 2 aromatic heterocycles. The zero-order chi connectivity index (χ0) is 20.4. The zero-order valence-electron chi connectivity index (χ0n) is 15.7. The molecule has 150 valence electrons. The Kier molecular flexibility index (Phi) is 5.00. The van der Waals surface area contributed by atoms with Gasteiger partial charge in [0.2, 0.25) is 0 Å². The van der Waals surface area contributed by atoms with Gasteiger partial charge in [0.1, 0.15) is 12.1 Å². The Balaban J connectivity index is 1.55. The van der Waals surface area contributed by atoms with E-state index < -0.39 is 12.7 Å². The van der Waals surface area contributed by atoms with Crippen molar-refractivity contribution in [2.45, 2.75) is 32.5 Å². The summed E-state index contributed by atoms with van der Waals surface area (Å²) in [6.07, 6.45) is 0.553. The van der Waals surface area contributed by atoms with Crippen LogP contribution in [-0.2, 0) is 13.0 Å². The summed E-state index contributed by atoms with van der Waals surface area (Å²) in [7, 11) is 0. The normalized spacial score (nSPS) is 11.9. The highest BCUT2D eigenvalue weighted by molar-refractivity contribution is 5.92. The Hall–Kier alpha value is -3.29. The third-order valence-corrected chi connectivity index (χ3v) is 4.39. The lowest BCUT2D eigenvalue weighted by molar-refractivity contribution is -0.142. The predicted octanol–water partition coefficient (Wildman–Crippen LogP) is 5.95. The van der Waals surface area contributed by atoms with E-state index in [0.717, 1.165) is 28.8 Å². The number of halogens is 3. The predicted molar refractivity (Wildman–Crippen MR) is 105 cm³/mol. The van der Waals surface area contributed by atoms with Crippen LogP contribution in [0.4, 0.5) is 24.5 Å². The van der Waals surface area contributed by atoms with Crippen molar-refractivity contribution in [1.82, 2.24) is 14.8 Å². The molecule has 0 spiro atoms. The highest BCUT2D eigenvalue weighted by Crippen LogP contribution is 2.28. The van der Waals surface area contributed by atoms with Gasteiger partial charge in [-0.25, -0.2) is 4.98 Å². The lowest BCUT2D eigenvalue weighted by Crippen LogP contribution is -2.17. The first-order valence-corrected chi connectivity index (χ1v) is 9.26. The van der Waals surface area contributed by atoms with Gasteiger partial charge in [-0.2, -0.15) is 18.3 Å². The first kappa shape index (κ1) is 19.0. The van der Waals surface area contributed by atoms with Gasteiger partial charge >= 0.3 is 6.18 Å². The minimum absolute atomic E-state index is 0.486. The maximum atomic E-state index is 12.7. The number of alkyl halides is 3. The molecule has 0 bridgehead atoms. The molecule has 0 saturated carbocycles. The van der Waals surface area contributed by atoms with Crippen molar-refractivity contribution < 1.29 is 17.6 Å². The summed E-state index contributed by atoms with van der Waals surface area (Å²) in [5, 5.41) is 7.95. The maximum absolute atomic E-state index is 12.7. The molecule has 1 N–H and O–H groups in total. The molecular weight excluding hydrogens is 381 g/mol. The van der Waals surface area contributed by atoms with Crippen LogP contribution in [0.25, 0.3) is 22.2 Å². The summed E-state index contributed by atoms with van der Waals surface area (Å²) in [6.45, 7) is 0.948. The number of benzene rings is 2. The van der Waals surface area contributed by atoms with E-state index in [0.29, 0.717) is 28.2 Å². The van der Waals surface area contributed by atoms with E-state index >= 15 is 0 Å². The molecule has 0 fully saturated rings. The molecule has 2 aromatic carbocycles. The number of hydrogen-bond donors (Lipinski definition) is 1. The minimum Gasteiger partial charge on any atom is -0.441 e. The third kappa shape index (κ3) is 4.42. The van der Waals surface area contributed by atoms with Crippen LogP contribution in [0.2, 0.25) is 0 Å². The smallest absolute Gasteiger partial charge is 0.408 e. The van der Waals surface area contributed by atoms with Crippen LogP contribution in [0.15, 0.2) is 59.3 Å². The summed E-state index contributed by atoms with van der Waals surface area (Å²) in [5.41, 5.74) is 2.82. The van der Waals surface area contributed by atoms with Crippen LogP contribution in [0.1, 0.15) is 19.2 Å². The average Bonchev–Trinajstić information content (AvgIpc) is 3.28. The Morgan fingerprint density at radius 1 is 1.10 bits per heavy atom. The summed E-state index contributed by atoms with van der Waals surface area (Å²) in [5.74, 6) is 1.42. The minimum atomic E-state index is -4.32. The fourth-order valence-corrected chi connectivity index (χ4v) is 3.11. The topological polar surface area (TPSA) is 55.9 Å². The number of aromatic nitrogens is 3. The first-order chi connectivity index (χ1) is 13.9. The van der Waals surface area contributed by atoms with Crippen molar-refractivity contribution in [3.05, 3.63) is 60.7 Å². The largest absolute Gasteiger partial charge is 0.441 e. The van der Waals surface area contributed by atoms with Gasteiger partial charge < -0.3 is 9.73 Å². The highest BCUT2D eigenvalue weighted by Gasteiger charge is 2.28. The average molecular weight is 400 g/mol. The molecule has 5 nitrogen and oxygen atoms in total. The van der Waals surface area contributed by atoms with E-state index in [1.54, 1.807) is 24.4 Å². The summed E-state index contributed by atoms with van der Waals surface area (Å²) < 4.78 is 44.6. The number of nitrogens with one attached hydrogen (secondary N) is 1. The van der Waals surface area contributed by atoms with Gasteiger partial charge in [-0.1, -0.05) is 19.1 Å². The maximum Gasteiger partial charge on any atom is 0.408 e. The van der Waals surface area contributed by atoms with Crippen LogP contribution in [-0.4, -0.2) is 20.9 Å². The monoisotopic (exact) mass is 400 g/mol. The SMILES string of the molecule is CCCc1ncc(-c2ccc(Nc3cccc4cn(CC(F)(F)F)nc34)cc2)o1. The highest BCUT2D eigenvalue weighted by atomic mass is 19.4. The van der Waals surface area contributed by atoms with Gasteiger partial charge in [0, 0.05) is 29.3 Å². The molecule has 4 rings (SSSR count). The molecule has 8 heteroatoms. The number of anilines is 2. The van der Waals surface area contributed by atoms with Crippen molar-refractivity contribution in [3.63, 3.8) is 0 Å². The van der Waals surface area contributed by atoms with Gasteiger partial charge in [-0.3, -0.25) is 4.68 Å². The van der Waals surface area contributed by atoms with Gasteiger partial charge in [0.05, 0.1) is 11.9 Å². The van der Waals surface area contributed by atoms with E-state index in [1.165, 1.54) is 6.20 Å². The number of oxazole rings is 1. The second-order valence-corrected chi connectivity index (χ2v) is 6.76. The number of rotatable bonds is 6. The zero-order valence-corrected chi connectivity index (χ0v) is 15.7. The van der Waals surface area contributed by atoms with Crippen LogP contribution in [0.5, 0.6) is 0 Å². The van der Waals surface area contributed by atoms with Gasteiger partial charge in [0.25, 0.3) is 0 Å². The van der Waals surface area contributed by atoms with Crippen molar-refractivity contribution in [1.29, 1.82) is 0 Å². The molecule has 0 atom stereocenters. The number of nitrogens with zero attached hydrogens (tertiary/aromatic N) is 3. The fraction of sp³-hybridized carbons (Fsp3) is 0.238. The Bertz CT molecular complexity index is 1110. The van der Waals surface area contributed by atoms with E-state index in [4.69, 9.17) is 4.42 Å².